The molecular formula is C29H49FN2. The van der Waals surface area contributed by atoms with Crippen LogP contribution in [0.15, 0.2) is 0 Å². The molecule has 2 nitrogen and oxygen atoms in total. The first-order valence-corrected chi connectivity index (χ1v) is 14.1. The van der Waals surface area contributed by atoms with E-state index in [0.29, 0.717) is 28.3 Å². The van der Waals surface area contributed by atoms with Crippen molar-refractivity contribution in [3.05, 3.63) is 0 Å². The Morgan fingerprint density at radius 3 is 2.31 bits per heavy atom. The van der Waals surface area contributed by atoms with Gasteiger partial charge in [0.2, 0.25) is 0 Å². The molecule has 182 valence electrons. The molecule has 3 heteroatoms. The van der Waals surface area contributed by atoms with Crippen molar-refractivity contribution in [2.45, 2.75) is 129 Å². The lowest BCUT2D eigenvalue weighted by molar-refractivity contribution is 0.0492. The molecule has 1 unspecified atom stereocenters. The number of nitrogens with zero attached hydrogens (tertiary/aromatic N) is 2. The van der Waals surface area contributed by atoms with E-state index in [1.54, 1.807) is 0 Å². The molecule has 0 bridgehead atoms. The summed E-state index contributed by atoms with van der Waals surface area (Å²) in [7, 11) is 0. The van der Waals surface area contributed by atoms with Crippen LogP contribution in [0.3, 0.4) is 0 Å². The molecule has 2 spiro atoms. The van der Waals surface area contributed by atoms with Gasteiger partial charge in [-0.3, -0.25) is 9.80 Å². The maximum Gasteiger partial charge on any atom is 0.108 e. The van der Waals surface area contributed by atoms with Gasteiger partial charge >= 0.3 is 0 Å². The largest absolute Gasteiger partial charge is 0.297 e. The van der Waals surface area contributed by atoms with E-state index < -0.39 is 6.17 Å². The van der Waals surface area contributed by atoms with Gasteiger partial charge < -0.3 is 0 Å². The van der Waals surface area contributed by atoms with E-state index in [-0.39, 0.29) is 11.0 Å². The summed E-state index contributed by atoms with van der Waals surface area (Å²) < 4.78 is 14.6. The summed E-state index contributed by atoms with van der Waals surface area (Å²) in [6.45, 7) is 18.6. The molecule has 2 aliphatic carbocycles. The van der Waals surface area contributed by atoms with E-state index >= 15 is 0 Å². The van der Waals surface area contributed by atoms with E-state index in [1.807, 2.05) is 0 Å². The number of hydrogen-bond acceptors (Lipinski definition) is 2. The van der Waals surface area contributed by atoms with Crippen molar-refractivity contribution in [1.29, 1.82) is 0 Å². The van der Waals surface area contributed by atoms with Crippen molar-refractivity contribution in [3.8, 4) is 0 Å². The third-order valence-corrected chi connectivity index (χ3v) is 11.8. The van der Waals surface area contributed by atoms with Crippen LogP contribution in [0.25, 0.3) is 0 Å². The number of rotatable bonds is 6. The molecule has 4 heterocycles. The fourth-order valence-electron chi connectivity index (χ4n) is 10.4. The van der Waals surface area contributed by atoms with Crippen LogP contribution in [0.4, 0.5) is 4.39 Å². The molecule has 0 amide bonds. The minimum absolute atomic E-state index is 0.00790. The van der Waals surface area contributed by atoms with Gasteiger partial charge in [-0.1, -0.05) is 41.5 Å². The van der Waals surface area contributed by atoms with E-state index in [2.05, 4.69) is 51.3 Å². The van der Waals surface area contributed by atoms with Gasteiger partial charge in [0.25, 0.3) is 0 Å². The molecule has 6 aliphatic rings. The molecule has 0 aromatic carbocycles. The predicted octanol–water partition coefficient (Wildman–Crippen LogP) is 6.68. The average molecular weight is 445 g/mol. The molecule has 4 saturated heterocycles. The molecule has 0 radical (unpaired) electrons. The summed E-state index contributed by atoms with van der Waals surface area (Å²) in [5.41, 5.74) is 1.72. The molecule has 0 N–H and O–H groups in total. The molecule has 0 aromatic rings. The summed E-state index contributed by atoms with van der Waals surface area (Å²) in [4.78, 5) is 5.84. The molecule has 0 aromatic heterocycles. The zero-order chi connectivity index (χ0) is 22.7. The third-order valence-electron chi connectivity index (χ3n) is 11.8. The second-order valence-corrected chi connectivity index (χ2v) is 15.1. The Bertz CT molecular complexity index is 773. The fraction of sp³-hybridized carbons (Fsp3) is 1.00. The number of hydrogen-bond donors (Lipinski definition) is 0. The Morgan fingerprint density at radius 2 is 1.69 bits per heavy atom. The van der Waals surface area contributed by atoms with Gasteiger partial charge in [-0.15, -0.1) is 0 Å². The van der Waals surface area contributed by atoms with Crippen LogP contribution in [-0.4, -0.2) is 52.7 Å². The number of alkyl halides is 1. The standard InChI is InChI=1S/C29H49FN2/c1-20(2)12-29-18-26(16-24(26)30)19-32(29)23(15-25(29,5)6)11-21(3)13-28-14-22(4)17-31(28)10-9-27(28)7-8-27/h20-24H,7-19H2,1-6H3/t21-,22+,23?,24-,26-,28-,29-/m1/s1. The molecule has 4 aliphatic heterocycles. The predicted molar refractivity (Wildman–Crippen MR) is 130 cm³/mol. The first-order chi connectivity index (χ1) is 15.0. The number of halogens is 1. The summed E-state index contributed by atoms with van der Waals surface area (Å²) in [5.74, 6) is 2.32. The van der Waals surface area contributed by atoms with Crippen molar-refractivity contribution in [2.75, 3.05) is 19.6 Å². The van der Waals surface area contributed by atoms with Gasteiger partial charge in [0.05, 0.1) is 0 Å². The van der Waals surface area contributed by atoms with Crippen LogP contribution in [-0.2, 0) is 0 Å². The Labute approximate surface area is 197 Å². The Hall–Kier alpha value is -0.150. The Kier molecular flexibility index (Phi) is 4.70. The van der Waals surface area contributed by atoms with E-state index in [1.165, 1.54) is 64.5 Å². The molecule has 6 fully saturated rings. The lowest BCUT2D eigenvalue weighted by atomic mass is 9.66. The van der Waals surface area contributed by atoms with Crippen molar-refractivity contribution < 1.29 is 4.39 Å². The molecule has 6 rings (SSSR count). The van der Waals surface area contributed by atoms with Crippen LogP contribution in [0.1, 0.15) is 106 Å². The van der Waals surface area contributed by atoms with Crippen molar-refractivity contribution in [2.24, 2.45) is 34.0 Å². The van der Waals surface area contributed by atoms with E-state index in [9.17, 15) is 4.39 Å². The van der Waals surface area contributed by atoms with Gasteiger partial charge in [-0.2, -0.15) is 0 Å². The summed E-state index contributed by atoms with van der Waals surface area (Å²) in [5, 5.41) is 0. The zero-order valence-corrected chi connectivity index (χ0v) is 21.9. The van der Waals surface area contributed by atoms with E-state index in [4.69, 9.17) is 0 Å². The highest BCUT2D eigenvalue weighted by atomic mass is 19.1. The minimum atomic E-state index is -0.536. The highest BCUT2D eigenvalue weighted by Crippen LogP contribution is 2.70. The van der Waals surface area contributed by atoms with Gasteiger partial charge in [0, 0.05) is 35.6 Å². The Balaban J connectivity index is 1.23. The second kappa shape index (κ2) is 6.74. The van der Waals surface area contributed by atoms with Crippen LogP contribution in [0.5, 0.6) is 0 Å². The smallest absolute Gasteiger partial charge is 0.108 e. The topological polar surface area (TPSA) is 6.48 Å². The zero-order valence-electron chi connectivity index (χ0n) is 21.9. The molecule has 32 heavy (non-hydrogen) atoms. The first kappa shape index (κ1) is 22.3. The van der Waals surface area contributed by atoms with Crippen molar-refractivity contribution >= 4 is 0 Å². The SMILES string of the molecule is CC(C)C[C@]12C[C@]3(C[C@H]3F)CN1C(C[C@@H](C)C[C@]13C[C@H](C)CN1CCC31CC1)CC2(C)C. The highest BCUT2D eigenvalue weighted by molar-refractivity contribution is 5.25. The van der Waals surface area contributed by atoms with Crippen LogP contribution in [0, 0.1) is 34.0 Å². The third kappa shape index (κ3) is 2.88. The lowest BCUT2D eigenvalue weighted by Gasteiger charge is -2.45. The molecule has 7 atom stereocenters. The summed E-state index contributed by atoms with van der Waals surface area (Å²) in [6.07, 6.45) is 12.6. The maximum atomic E-state index is 14.6. The van der Waals surface area contributed by atoms with Crippen LogP contribution >= 0.6 is 0 Å². The first-order valence-electron chi connectivity index (χ1n) is 14.1. The normalized spacial score (nSPS) is 49.3. The Morgan fingerprint density at radius 1 is 0.969 bits per heavy atom. The van der Waals surface area contributed by atoms with Gasteiger partial charge in [-0.25, -0.2) is 4.39 Å². The summed E-state index contributed by atoms with van der Waals surface area (Å²) >= 11 is 0. The van der Waals surface area contributed by atoms with Crippen LogP contribution in [0.2, 0.25) is 0 Å². The fourth-order valence-corrected chi connectivity index (χ4v) is 10.4. The highest BCUT2D eigenvalue weighted by Gasteiger charge is 2.72. The quantitative estimate of drug-likeness (QED) is 0.450. The average Bonchev–Trinajstić information content (AvgIpc) is 3.44. The van der Waals surface area contributed by atoms with Crippen molar-refractivity contribution in [1.82, 2.24) is 9.80 Å². The number of fused-ring (bicyclic) bond motifs is 3. The molecule has 2 saturated carbocycles. The second-order valence-electron chi connectivity index (χ2n) is 15.1. The summed E-state index contributed by atoms with van der Waals surface area (Å²) in [6, 6.07) is 0.658. The van der Waals surface area contributed by atoms with E-state index in [0.717, 1.165) is 31.2 Å². The van der Waals surface area contributed by atoms with Crippen LogP contribution < -0.4 is 0 Å². The minimum Gasteiger partial charge on any atom is -0.297 e. The maximum absolute atomic E-state index is 14.6. The monoisotopic (exact) mass is 444 g/mol. The van der Waals surface area contributed by atoms with Gasteiger partial charge in [0.15, 0.2) is 0 Å². The van der Waals surface area contributed by atoms with Gasteiger partial charge in [-0.05, 0) is 99.3 Å². The molecular weight excluding hydrogens is 395 g/mol. The lowest BCUT2D eigenvalue weighted by Crippen LogP contribution is -2.50. The van der Waals surface area contributed by atoms with Gasteiger partial charge in [0.1, 0.15) is 6.17 Å². The van der Waals surface area contributed by atoms with Crippen molar-refractivity contribution in [3.63, 3.8) is 0 Å².